The van der Waals surface area contributed by atoms with Gasteiger partial charge in [-0.25, -0.2) is 18.0 Å². The summed E-state index contributed by atoms with van der Waals surface area (Å²) in [7, 11) is -4.78. The highest BCUT2D eigenvalue weighted by atomic mass is 32.2. The first-order chi connectivity index (χ1) is 20.2. The summed E-state index contributed by atoms with van der Waals surface area (Å²) in [5.74, 6) is 0.343. The third-order valence-corrected chi connectivity index (χ3v) is 7.57. The number of para-hydroxylation sites is 2. The normalized spacial score (nSPS) is 11.0. The minimum atomic E-state index is -4.78. The lowest BCUT2D eigenvalue weighted by Gasteiger charge is -2.24. The van der Waals surface area contributed by atoms with Crippen LogP contribution < -0.4 is 18.5 Å². The number of anilines is 1. The lowest BCUT2D eigenvalue weighted by atomic mass is 10.1. The Bertz CT molecular complexity index is 1900. The van der Waals surface area contributed by atoms with Crippen molar-refractivity contribution in [2.75, 3.05) is 4.31 Å². The van der Waals surface area contributed by atoms with Gasteiger partial charge in [0, 0.05) is 22.9 Å². The van der Waals surface area contributed by atoms with E-state index in [1.807, 2.05) is 0 Å². The number of nitrogens with zero attached hydrogens (tertiary/aromatic N) is 2. The summed E-state index contributed by atoms with van der Waals surface area (Å²) in [5, 5.41) is 11.8. The first-order valence-corrected chi connectivity index (χ1v) is 13.7. The fourth-order valence-corrected chi connectivity index (χ4v) is 5.42. The molecule has 1 amide bonds. The molecule has 5 rings (SSSR count). The number of fused-ring (bicyclic) bond motifs is 1. The molecular formula is C30H20N2O9S. The number of non-ortho nitro benzene ring substituents is 1. The average Bonchev–Trinajstić information content (AvgIpc) is 2.99. The summed E-state index contributed by atoms with van der Waals surface area (Å²) in [6.07, 6.45) is -2.33. The van der Waals surface area contributed by atoms with Gasteiger partial charge in [0.05, 0.1) is 15.5 Å². The summed E-state index contributed by atoms with van der Waals surface area (Å²) in [4.78, 5) is 36.2. The summed E-state index contributed by atoms with van der Waals surface area (Å²) in [6, 6.07) is 29.2. The molecule has 0 bridgehead atoms. The van der Waals surface area contributed by atoms with E-state index >= 15 is 0 Å². The van der Waals surface area contributed by atoms with Crippen molar-refractivity contribution in [3.05, 3.63) is 131 Å². The molecule has 0 aromatic heterocycles. The Morgan fingerprint density at radius 2 is 1.26 bits per heavy atom. The molecule has 5 aromatic carbocycles. The van der Waals surface area contributed by atoms with Gasteiger partial charge in [-0.3, -0.25) is 10.1 Å². The molecule has 0 N–H and O–H groups in total. The Hall–Kier alpha value is -5.75. The van der Waals surface area contributed by atoms with E-state index in [1.54, 1.807) is 66.7 Å². The lowest BCUT2D eigenvalue weighted by Crippen LogP contribution is -2.39. The number of hydrogen-bond donors (Lipinski definition) is 0. The van der Waals surface area contributed by atoms with Crippen LogP contribution in [0.5, 0.6) is 17.2 Å². The van der Waals surface area contributed by atoms with Crippen molar-refractivity contribution in [3.8, 4) is 17.2 Å². The average molecular weight is 585 g/mol. The highest BCUT2D eigenvalue weighted by Crippen LogP contribution is 2.37. The van der Waals surface area contributed by atoms with E-state index in [1.165, 1.54) is 36.4 Å². The summed E-state index contributed by atoms with van der Waals surface area (Å²) in [5.41, 5.74) is -0.639. The first-order valence-electron chi connectivity index (χ1n) is 12.3. The molecule has 0 fully saturated rings. The highest BCUT2D eigenvalue weighted by Gasteiger charge is 2.35. The van der Waals surface area contributed by atoms with Crippen molar-refractivity contribution < 1.29 is 37.1 Å². The van der Waals surface area contributed by atoms with Gasteiger partial charge in [-0.05, 0) is 42.5 Å². The molecule has 0 aliphatic rings. The maximum atomic E-state index is 13.9. The van der Waals surface area contributed by atoms with Gasteiger partial charge in [0.25, 0.3) is 15.7 Å². The number of benzene rings is 5. The van der Waals surface area contributed by atoms with Crippen LogP contribution in [0.1, 0.15) is 0 Å². The van der Waals surface area contributed by atoms with Crippen molar-refractivity contribution in [1.29, 1.82) is 0 Å². The fraction of sp³-hybridized carbons (Fsp3) is 0. The monoisotopic (exact) mass is 584 g/mol. The number of sulfonamides is 1. The molecule has 5 aromatic rings. The van der Waals surface area contributed by atoms with E-state index in [0.717, 1.165) is 18.2 Å². The van der Waals surface area contributed by atoms with Crippen LogP contribution in [0.15, 0.2) is 126 Å². The second kappa shape index (κ2) is 11.8. The Kier molecular flexibility index (Phi) is 7.80. The molecular weight excluding hydrogens is 564 g/mol. The van der Waals surface area contributed by atoms with E-state index < -0.39 is 37.8 Å². The van der Waals surface area contributed by atoms with Crippen LogP contribution >= 0.6 is 0 Å². The molecule has 0 unspecified atom stereocenters. The van der Waals surface area contributed by atoms with E-state index in [2.05, 4.69) is 0 Å². The van der Waals surface area contributed by atoms with Crippen LogP contribution in [-0.2, 0) is 10.0 Å². The predicted molar refractivity (Wildman–Crippen MR) is 152 cm³/mol. The van der Waals surface area contributed by atoms with Gasteiger partial charge in [0.1, 0.15) is 17.2 Å². The molecule has 0 heterocycles. The predicted octanol–water partition coefficient (Wildman–Crippen LogP) is 6.72. The van der Waals surface area contributed by atoms with Gasteiger partial charge in [0.2, 0.25) is 0 Å². The van der Waals surface area contributed by atoms with Gasteiger partial charge < -0.3 is 14.2 Å². The van der Waals surface area contributed by atoms with Crippen LogP contribution in [0.4, 0.5) is 21.0 Å². The standard InChI is InChI=1S/C30H20N2O9S/c33-29(39-22-11-3-1-4-12-22)31(42(37,38)24-15-9-10-21(20-24)32(35)36)27-18-19-28(26-17-8-7-16-25(26)27)41-30(34)40-23-13-5-2-6-14-23/h1-20H. The second-order valence-corrected chi connectivity index (χ2v) is 10.4. The topological polar surface area (TPSA) is 142 Å². The molecule has 0 saturated carbocycles. The molecule has 0 radical (unpaired) electrons. The molecule has 42 heavy (non-hydrogen) atoms. The largest absolute Gasteiger partial charge is 0.519 e. The molecule has 11 nitrogen and oxygen atoms in total. The summed E-state index contributed by atoms with van der Waals surface area (Å²) in [6.45, 7) is 0. The number of ether oxygens (including phenoxy) is 3. The molecule has 0 saturated heterocycles. The van der Waals surface area contributed by atoms with Crippen molar-refractivity contribution in [2.45, 2.75) is 4.90 Å². The van der Waals surface area contributed by atoms with Crippen LogP contribution in [0.2, 0.25) is 0 Å². The molecule has 0 aliphatic heterocycles. The van der Waals surface area contributed by atoms with Gasteiger partial charge >= 0.3 is 12.2 Å². The van der Waals surface area contributed by atoms with Gasteiger partial charge in [-0.2, -0.15) is 4.31 Å². The van der Waals surface area contributed by atoms with Crippen LogP contribution in [0, 0.1) is 10.1 Å². The van der Waals surface area contributed by atoms with E-state index in [9.17, 15) is 28.1 Å². The molecule has 12 heteroatoms. The molecule has 0 spiro atoms. The number of hydrogen-bond acceptors (Lipinski definition) is 9. The number of carbonyl (C=O) groups is 2. The van der Waals surface area contributed by atoms with Gasteiger partial charge in [-0.1, -0.05) is 66.7 Å². The third-order valence-electron chi connectivity index (χ3n) is 5.90. The SMILES string of the molecule is O=C(Oc1ccccc1)Oc1ccc(N(C(=O)Oc2ccccc2)S(=O)(=O)c2cccc([N+](=O)[O-])c2)c2ccccc12. The molecule has 210 valence electrons. The number of nitro benzene ring substituents is 1. The molecule has 0 aliphatic carbocycles. The maximum absolute atomic E-state index is 13.9. The number of rotatable bonds is 7. The maximum Gasteiger partial charge on any atom is 0.519 e. The quantitative estimate of drug-likeness (QED) is 0.0881. The highest BCUT2D eigenvalue weighted by molar-refractivity contribution is 7.93. The Balaban J connectivity index is 1.60. The van der Waals surface area contributed by atoms with Crippen LogP contribution in [-0.4, -0.2) is 25.6 Å². The zero-order valence-corrected chi connectivity index (χ0v) is 22.3. The minimum absolute atomic E-state index is 0.0272. The minimum Gasteiger partial charge on any atom is -0.409 e. The third kappa shape index (κ3) is 5.88. The Labute approximate surface area is 239 Å². The van der Waals surface area contributed by atoms with Gasteiger partial charge in [0.15, 0.2) is 0 Å². The van der Waals surface area contributed by atoms with E-state index in [4.69, 9.17) is 14.2 Å². The number of carbonyl (C=O) groups excluding carboxylic acids is 2. The first kappa shape index (κ1) is 27.8. The molecule has 0 atom stereocenters. The zero-order chi connectivity index (χ0) is 29.7. The summed E-state index contributed by atoms with van der Waals surface area (Å²) < 4.78 is 44.3. The zero-order valence-electron chi connectivity index (χ0n) is 21.5. The van der Waals surface area contributed by atoms with Crippen molar-refractivity contribution in [1.82, 2.24) is 0 Å². The van der Waals surface area contributed by atoms with Crippen molar-refractivity contribution in [2.24, 2.45) is 0 Å². The Morgan fingerprint density at radius 3 is 1.90 bits per heavy atom. The van der Waals surface area contributed by atoms with Crippen LogP contribution in [0.25, 0.3) is 10.8 Å². The number of nitro groups is 1. The second-order valence-electron chi connectivity index (χ2n) is 8.60. The van der Waals surface area contributed by atoms with Crippen molar-refractivity contribution in [3.63, 3.8) is 0 Å². The summed E-state index contributed by atoms with van der Waals surface area (Å²) >= 11 is 0. The van der Waals surface area contributed by atoms with Gasteiger partial charge in [-0.15, -0.1) is 0 Å². The number of amides is 1. The lowest BCUT2D eigenvalue weighted by molar-refractivity contribution is -0.385. The Morgan fingerprint density at radius 1 is 0.667 bits per heavy atom. The smallest absolute Gasteiger partial charge is 0.409 e. The van der Waals surface area contributed by atoms with Crippen LogP contribution in [0.3, 0.4) is 0 Å². The van der Waals surface area contributed by atoms with E-state index in [-0.39, 0.29) is 33.7 Å². The fourth-order valence-electron chi connectivity index (χ4n) is 4.04. The van der Waals surface area contributed by atoms with E-state index in [0.29, 0.717) is 4.31 Å². The van der Waals surface area contributed by atoms with Crippen molar-refractivity contribution >= 4 is 44.4 Å².